The van der Waals surface area contributed by atoms with Gasteiger partial charge in [-0.1, -0.05) is 6.92 Å². The van der Waals surface area contributed by atoms with E-state index in [0.717, 1.165) is 7.11 Å². The van der Waals surface area contributed by atoms with Gasteiger partial charge in [0.05, 0.1) is 0 Å². The summed E-state index contributed by atoms with van der Waals surface area (Å²) in [7, 11) is -1.33. The molecule has 0 bridgehead atoms. The summed E-state index contributed by atoms with van der Waals surface area (Å²) in [5.74, 6) is -0.311. The molecule has 1 fully saturated rings. The summed E-state index contributed by atoms with van der Waals surface area (Å²) in [4.78, 5) is 34.5. The van der Waals surface area contributed by atoms with Crippen LogP contribution in [0.25, 0.3) is 0 Å². The smallest absolute Gasteiger partial charge is 0.353 e. The van der Waals surface area contributed by atoms with Crippen LogP contribution < -0.4 is 11.2 Å². The van der Waals surface area contributed by atoms with Gasteiger partial charge in [-0.15, -0.1) is 0 Å². The number of rotatable bonds is 6. The Morgan fingerprint density at radius 1 is 1.43 bits per heavy atom. The van der Waals surface area contributed by atoms with E-state index in [0.29, 0.717) is 0 Å². The van der Waals surface area contributed by atoms with Gasteiger partial charge in [0, 0.05) is 32.4 Å². The van der Waals surface area contributed by atoms with E-state index in [2.05, 4.69) is 9.51 Å². The van der Waals surface area contributed by atoms with Gasteiger partial charge in [-0.25, -0.2) is 4.79 Å². The maximum atomic E-state index is 11.9. The summed E-state index contributed by atoms with van der Waals surface area (Å²) in [6, 6.07) is 1.19. The molecule has 0 aromatic carbocycles. The van der Waals surface area contributed by atoms with Crippen LogP contribution in [0.5, 0.6) is 0 Å². The third-order valence-corrected chi connectivity index (χ3v) is 4.64. The zero-order valence-corrected chi connectivity index (χ0v) is 13.8. The number of aromatic nitrogens is 2. The first-order chi connectivity index (χ1) is 10.8. The van der Waals surface area contributed by atoms with Gasteiger partial charge in [-0.05, 0) is 0 Å². The third kappa shape index (κ3) is 3.97. The van der Waals surface area contributed by atoms with Gasteiger partial charge in [0.1, 0.15) is 12.3 Å². The Morgan fingerprint density at radius 2 is 2.13 bits per heavy atom. The summed E-state index contributed by atoms with van der Waals surface area (Å²) in [5, 5.41) is 0. The molecule has 0 radical (unpaired) electrons. The highest BCUT2D eigenvalue weighted by atomic mass is 31.2. The topological polar surface area (TPSA) is 129 Å². The Balaban J connectivity index is 2.20. The number of nitrogens with zero attached hydrogens (tertiary/aromatic N) is 1. The minimum absolute atomic E-state index is 0.311. The molecule has 11 heteroatoms. The fourth-order valence-corrected chi connectivity index (χ4v) is 2.82. The lowest BCUT2D eigenvalue weighted by molar-refractivity contribution is -0.173. The van der Waals surface area contributed by atoms with Gasteiger partial charge in [0.15, 0.2) is 12.6 Å². The van der Waals surface area contributed by atoms with Crippen molar-refractivity contribution in [3.05, 3.63) is 33.1 Å². The van der Waals surface area contributed by atoms with Crippen LogP contribution in [-0.4, -0.2) is 47.4 Å². The molecule has 0 saturated carbocycles. The molecule has 1 aromatic heterocycles. The molecule has 130 valence electrons. The Bertz CT molecular complexity index is 701. The zero-order chi connectivity index (χ0) is 17.2. The normalized spacial score (nSPS) is 30.3. The summed E-state index contributed by atoms with van der Waals surface area (Å²) < 4.78 is 33.3. The molecule has 2 rings (SSSR count). The Kier molecular flexibility index (Phi) is 5.56. The molecule has 1 aliphatic rings. The number of methoxy groups -OCH3 is 1. The summed E-state index contributed by atoms with van der Waals surface area (Å²) >= 11 is 0. The van der Waals surface area contributed by atoms with Crippen LogP contribution >= 0.6 is 7.60 Å². The Hall–Kier alpha value is -1.29. The van der Waals surface area contributed by atoms with E-state index in [-0.39, 0.29) is 5.92 Å². The fourth-order valence-electron chi connectivity index (χ4n) is 2.38. The van der Waals surface area contributed by atoms with Crippen LogP contribution in [-0.2, 0) is 23.3 Å². The monoisotopic (exact) mass is 350 g/mol. The predicted octanol–water partition coefficient (Wildman–Crippen LogP) is -0.151. The Labute approximate surface area is 131 Å². The lowest BCUT2D eigenvalue weighted by Gasteiger charge is -2.20. The van der Waals surface area contributed by atoms with Gasteiger partial charge >= 0.3 is 13.3 Å². The van der Waals surface area contributed by atoms with Crippen molar-refractivity contribution in [2.75, 3.05) is 20.6 Å². The minimum Gasteiger partial charge on any atom is -0.376 e. The van der Waals surface area contributed by atoms with E-state index >= 15 is 0 Å². The van der Waals surface area contributed by atoms with E-state index in [4.69, 9.17) is 14.2 Å². The van der Waals surface area contributed by atoms with Crippen LogP contribution in [0, 0.1) is 5.92 Å². The average molecular weight is 350 g/mol. The molecule has 0 spiro atoms. The van der Waals surface area contributed by atoms with Crippen LogP contribution in [0.15, 0.2) is 21.9 Å². The molecule has 0 aliphatic carbocycles. The van der Waals surface area contributed by atoms with Crippen molar-refractivity contribution in [3.63, 3.8) is 0 Å². The van der Waals surface area contributed by atoms with Gasteiger partial charge in [0.2, 0.25) is 0 Å². The van der Waals surface area contributed by atoms with Crippen molar-refractivity contribution in [3.8, 4) is 0 Å². The summed E-state index contributed by atoms with van der Waals surface area (Å²) in [6.45, 7) is 1.77. The molecular formula is C12H19N2O8P. The number of nitrogens with one attached hydrogen (secondary N) is 1. The summed E-state index contributed by atoms with van der Waals surface area (Å²) in [6.07, 6.45) is -1.56. The van der Waals surface area contributed by atoms with Gasteiger partial charge in [-0.3, -0.25) is 18.9 Å². The van der Waals surface area contributed by atoms with Crippen LogP contribution in [0.3, 0.4) is 0 Å². The summed E-state index contributed by atoms with van der Waals surface area (Å²) in [5.41, 5.74) is -1.15. The van der Waals surface area contributed by atoms with Crippen molar-refractivity contribution >= 4 is 7.60 Å². The SMILES string of the molecule is CO[C@@H]1[C@@H](OCP(=O)(O)OC)O[C@@H](n2ccc(=O)[nH]c2=O)[C@@H]1C. The quantitative estimate of drug-likeness (QED) is 0.678. The number of hydrogen-bond donors (Lipinski definition) is 2. The molecule has 5 atom stereocenters. The number of H-pyrrole nitrogens is 1. The molecule has 2 heterocycles. The van der Waals surface area contributed by atoms with E-state index in [9.17, 15) is 19.0 Å². The van der Waals surface area contributed by atoms with E-state index in [1.165, 1.54) is 23.9 Å². The lowest BCUT2D eigenvalue weighted by atomic mass is 10.1. The highest BCUT2D eigenvalue weighted by Crippen LogP contribution is 2.43. The van der Waals surface area contributed by atoms with Gasteiger partial charge in [0.25, 0.3) is 5.56 Å². The lowest BCUT2D eigenvalue weighted by Crippen LogP contribution is -2.34. The van der Waals surface area contributed by atoms with Crippen molar-refractivity contribution < 1.29 is 28.2 Å². The molecule has 1 unspecified atom stereocenters. The zero-order valence-electron chi connectivity index (χ0n) is 12.9. The van der Waals surface area contributed by atoms with E-state index < -0.39 is 43.8 Å². The largest absolute Gasteiger partial charge is 0.376 e. The van der Waals surface area contributed by atoms with Crippen molar-refractivity contribution in [2.45, 2.75) is 25.5 Å². The van der Waals surface area contributed by atoms with Crippen molar-refractivity contribution in [1.82, 2.24) is 9.55 Å². The van der Waals surface area contributed by atoms with E-state index in [1.807, 2.05) is 0 Å². The molecule has 0 amide bonds. The Morgan fingerprint density at radius 3 is 2.70 bits per heavy atom. The van der Waals surface area contributed by atoms with Crippen LogP contribution in [0.4, 0.5) is 0 Å². The molecule has 10 nitrogen and oxygen atoms in total. The number of aromatic amines is 1. The second kappa shape index (κ2) is 7.08. The second-order valence-corrected chi connectivity index (χ2v) is 6.99. The maximum absolute atomic E-state index is 11.9. The molecule has 1 aromatic rings. The first-order valence-corrected chi connectivity index (χ1v) is 8.54. The minimum atomic E-state index is -3.86. The second-order valence-electron chi connectivity index (χ2n) is 5.09. The number of ether oxygens (including phenoxy) is 3. The molecule has 1 saturated heterocycles. The van der Waals surface area contributed by atoms with E-state index in [1.54, 1.807) is 6.92 Å². The maximum Gasteiger partial charge on any atom is 0.353 e. The average Bonchev–Trinajstić information content (AvgIpc) is 2.81. The first-order valence-electron chi connectivity index (χ1n) is 6.78. The van der Waals surface area contributed by atoms with Crippen molar-refractivity contribution in [1.29, 1.82) is 0 Å². The molecule has 2 N–H and O–H groups in total. The van der Waals surface area contributed by atoms with Gasteiger partial charge < -0.3 is 23.6 Å². The molecule has 23 heavy (non-hydrogen) atoms. The fraction of sp³-hybridized carbons (Fsp3) is 0.667. The molecular weight excluding hydrogens is 331 g/mol. The first kappa shape index (κ1) is 18.1. The van der Waals surface area contributed by atoms with Gasteiger partial charge in [-0.2, -0.15) is 0 Å². The van der Waals surface area contributed by atoms with Crippen LogP contribution in [0.1, 0.15) is 13.2 Å². The van der Waals surface area contributed by atoms with Crippen molar-refractivity contribution in [2.24, 2.45) is 5.92 Å². The van der Waals surface area contributed by atoms with Crippen LogP contribution in [0.2, 0.25) is 0 Å². The highest BCUT2D eigenvalue weighted by Gasteiger charge is 2.45. The third-order valence-electron chi connectivity index (χ3n) is 3.59. The number of hydrogen-bond acceptors (Lipinski definition) is 7. The predicted molar refractivity (Wildman–Crippen MR) is 78.0 cm³/mol. The highest BCUT2D eigenvalue weighted by molar-refractivity contribution is 7.52. The standard InChI is InChI=1S/C12H19N2O8P/c1-7-9(19-2)11(21-6-23(17,18)20-3)22-10(7)14-5-4-8(15)13-12(14)16/h4-5,7,9-11H,6H2,1-3H3,(H,17,18)(H,13,15,16)/t7-,9+,10-,11+/m1/s1. The molecule has 1 aliphatic heterocycles.